The average Bonchev–Trinajstić information content (AvgIpc) is 3.35. The maximum Gasteiger partial charge on any atom is 0.220 e. The quantitative estimate of drug-likeness (QED) is 0.0420. The first-order valence-electron chi connectivity index (χ1n) is 30.7. The van der Waals surface area contributed by atoms with E-state index in [-0.39, 0.29) is 12.5 Å². The number of hydrogen-bond donors (Lipinski definition) is 3. The van der Waals surface area contributed by atoms with E-state index in [4.69, 9.17) is 0 Å². The number of aliphatic hydroxyl groups is 2. The van der Waals surface area contributed by atoms with Crippen LogP contribution in [0.2, 0.25) is 0 Å². The third kappa shape index (κ3) is 56.6. The Morgan fingerprint density at radius 1 is 0.362 bits per heavy atom. The van der Waals surface area contributed by atoms with Crippen molar-refractivity contribution in [1.82, 2.24) is 5.32 Å². The van der Waals surface area contributed by atoms with Gasteiger partial charge in [0.15, 0.2) is 0 Å². The van der Waals surface area contributed by atoms with Crippen LogP contribution in [0.4, 0.5) is 0 Å². The number of unbranched alkanes of at least 4 members (excludes halogenated alkanes) is 39. The van der Waals surface area contributed by atoms with Crippen LogP contribution >= 0.6 is 0 Å². The molecule has 0 heterocycles. The third-order valence-corrected chi connectivity index (χ3v) is 13.9. The van der Waals surface area contributed by atoms with Gasteiger partial charge in [0, 0.05) is 6.42 Å². The molecular formula is C65H119NO3. The number of nitrogens with one attached hydrogen (secondary N) is 1. The summed E-state index contributed by atoms with van der Waals surface area (Å²) in [5, 5.41) is 23.2. The lowest BCUT2D eigenvalue weighted by Crippen LogP contribution is -2.45. The first-order chi connectivity index (χ1) is 34.2. The molecule has 1 amide bonds. The van der Waals surface area contributed by atoms with Gasteiger partial charge in [0.2, 0.25) is 5.91 Å². The summed E-state index contributed by atoms with van der Waals surface area (Å²) in [7, 11) is 0. The molecule has 2 atom stereocenters. The molecule has 4 heteroatoms. The van der Waals surface area contributed by atoms with Crippen molar-refractivity contribution in [3.63, 3.8) is 0 Å². The highest BCUT2D eigenvalue weighted by atomic mass is 16.3. The van der Waals surface area contributed by atoms with E-state index >= 15 is 0 Å². The standard InChI is InChI=1S/C65H119NO3/c1-3-5-7-9-11-13-15-17-19-21-23-25-27-29-30-31-32-33-34-35-37-38-40-42-44-46-48-50-52-54-56-58-60-64(68)63(62-67)66-65(69)61-59-57-55-53-51-49-47-45-43-41-39-36-28-26-24-22-20-18-16-14-12-10-8-6-4-2/h6,8,12,14,18,20,24,26,50,52,58,60,63-64,67-68H,3-5,7,9-11,13,15-17,19,21-23,25,27-49,51,53-57,59,61-62H2,1-2H3,(H,66,69)/b8-6-,14-12-,20-18-,26-24-,52-50+,60-58+. The molecule has 0 aliphatic heterocycles. The highest BCUT2D eigenvalue weighted by Gasteiger charge is 2.18. The predicted octanol–water partition coefficient (Wildman–Crippen LogP) is 20.5. The molecule has 402 valence electrons. The van der Waals surface area contributed by atoms with Gasteiger partial charge in [0.1, 0.15) is 0 Å². The van der Waals surface area contributed by atoms with Gasteiger partial charge < -0.3 is 15.5 Å². The number of rotatable bonds is 56. The Morgan fingerprint density at radius 3 is 1.01 bits per heavy atom. The summed E-state index contributed by atoms with van der Waals surface area (Å²) >= 11 is 0. The largest absolute Gasteiger partial charge is 0.394 e. The molecule has 0 spiro atoms. The van der Waals surface area contributed by atoms with E-state index in [0.717, 1.165) is 57.8 Å². The highest BCUT2D eigenvalue weighted by Crippen LogP contribution is 2.17. The highest BCUT2D eigenvalue weighted by molar-refractivity contribution is 5.76. The summed E-state index contributed by atoms with van der Waals surface area (Å²) in [4.78, 5) is 12.5. The van der Waals surface area contributed by atoms with Crippen LogP contribution in [0.3, 0.4) is 0 Å². The molecule has 0 aromatic rings. The Morgan fingerprint density at radius 2 is 0.652 bits per heavy atom. The van der Waals surface area contributed by atoms with Gasteiger partial charge in [-0.05, 0) is 70.6 Å². The molecule has 0 saturated carbocycles. The molecule has 0 saturated heterocycles. The number of aliphatic hydroxyl groups excluding tert-OH is 2. The Balaban J connectivity index is 3.51. The molecule has 0 aromatic heterocycles. The van der Waals surface area contributed by atoms with Crippen LogP contribution in [0.25, 0.3) is 0 Å². The average molecular weight is 963 g/mol. The van der Waals surface area contributed by atoms with E-state index in [9.17, 15) is 15.0 Å². The van der Waals surface area contributed by atoms with Crippen LogP contribution in [-0.2, 0) is 4.79 Å². The van der Waals surface area contributed by atoms with Crippen molar-refractivity contribution >= 4 is 5.91 Å². The van der Waals surface area contributed by atoms with Crippen LogP contribution < -0.4 is 5.32 Å². The Bertz CT molecular complexity index is 1180. The zero-order valence-electron chi connectivity index (χ0n) is 46.3. The van der Waals surface area contributed by atoms with Crippen LogP contribution in [0.1, 0.15) is 316 Å². The Kier molecular flexibility index (Phi) is 58.2. The second kappa shape index (κ2) is 60.1. The van der Waals surface area contributed by atoms with E-state index in [1.165, 1.54) is 238 Å². The lowest BCUT2D eigenvalue weighted by Gasteiger charge is -2.19. The van der Waals surface area contributed by atoms with Gasteiger partial charge >= 0.3 is 0 Å². The Labute approximate surface area is 431 Å². The van der Waals surface area contributed by atoms with Crippen LogP contribution in [0.5, 0.6) is 0 Å². The summed E-state index contributed by atoms with van der Waals surface area (Å²) in [5.74, 6) is -0.0751. The molecule has 0 fully saturated rings. The number of amides is 1. The van der Waals surface area contributed by atoms with E-state index in [2.05, 4.69) is 79.9 Å². The minimum atomic E-state index is -0.868. The minimum absolute atomic E-state index is 0.0751. The lowest BCUT2D eigenvalue weighted by atomic mass is 10.0. The fourth-order valence-electron chi connectivity index (χ4n) is 9.31. The Hall–Kier alpha value is -2.17. The van der Waals surface area contributed by atoms with Crippen molar-refractivity contribution in [2.45, 2.75) is 328 Å². The predicted molar refractivity (Wildman–Crippen MR) is 308 cm³/mol. The fourth-order valence-corrected chi connectivity index (χ4v) is 9.31. The molecule has 0 aliphatic rings. The first-order valence-corrected chi connectivity index (χ1v) is 30.7. The van der Waals surface area contributed by atoms with Crippen molar-refractivity contribution in [2.75, 3.05) is 6.61 Å². The van der Waals surface area contributed by atoms with Crippen molar-refractivity contribution < 1.29 is 15.0 Å². The summed E-state index contributed by atoms with van der Waals surface area (Å²) in [6.07, 6.45) is 86.7. The van der Waals surface area contributed by atoms with Gasteiger partial charge in [-0.3, -0.25) is 4.79 Å². The molecular weight excluding hydrogens is 843 g/mol. The lowest BCUT2D eigenvalue weighted by molar-refractivity contribution is -0.123. The van der Waals surface area contributed by atoms with Gasteiger partial charge in [-0.25, -0.2) is 0 Å². The van der Waals surface area contributed by atoms with Crippen LogP contribution in [-0.4, -0.2) is 34.9 Å². The number of hydrogen-bond acceptors (Lipinski definition) is 3. The molecule has 0 rings (SSSR count). The monoisotopic (exact) mass is 962 g/mol. The first kappa shape index (κ1) is 66.8. The molecule has 4 nitrogen and oxygen atoms in total. The summed E-state index contributed by atoms with van der Waals surface area (Å²) in [6.45, 7) is 4.21. The third-order valence-electron chi connectivity index (χ3n) is 13.9. The van der Waals surface area contributed by atoms with E-state index in [1.807, 2.05) is 6.08 Å². The molecule has 0 radical (unpaired) electrons. The maximum absolute atomic E-state index is 12.5. The zero-order chi connectivity index (χ0) is 49.9. The normalized spacial score (nSPS) is 13.3. The van der Waals surface area contributed by atoms with E-state index in [1.54, 1.807) is 6.08 Å². The van der Waals surface area contributed by atoms with Gasteiger partial charge in [0.05, 0.1) is 18.8 Å². The van der Waals surface area contributed by atoms with Crippen molar-refractivity contribution in [3.05, 3.63) is 72.9 Å². The maximum atomic E-state index is 12.5. The second-order valence-corrected chi connectivity index (χ2v) is 20.7. The van der Waals surface area contributed by atoms with Crippen molar-refractivity contribution in [3.8, 4) is 0 Å². The SMILES string of the molecule is CC/C=C\C/C=C\C/C=C\C/C=C\CCCCCCCCCCCCCCC(=O)NC(CO)C(O)/C=C/CC/C=C/CCCCCCCCCCCCCCCCCCCCCCCCCCCC. The minimum Gasteiger partial charge on any atom is -0.394 e. The molecule has 0 aliphatic carbocycles. The van der Waals surface area contributed by atoms with Crippen molar-refractivity contribution in [1.29, 1.82) is 0 Å². The fraction of sp³-hybridized carbons (Fsp3) is 0.800. The topological polar surface area (TPSA) is 69.6 Å². The molecule has 2 unspecified atom stereocenters. The molecule has 0 aromatic carbocycles. The summed E-state index contributed by atoms with van der Waals surface area (Å²) < 4.78 is 0. The van der Waals surface area contributed by atoms with Gasteiger partial charge in [-0.1, -0.05) is 311 Å². The van der Waals surface area contributed by atoms with Gasteiger partial charge in [-0.2, -0.15) is 0 Å². The zero-order valence-corrected chi connectivity index (χ0v) is 46.3. The second-order valence-electron chi connectivity index (χ2n) is 20.7. The molecule has 69 heavy (non-hydrogen) atoms. The summed E-state index contributed by atoms with van der Waals surface area (Å²) in [6, 6.07) is -0.645. The number of carbonyl (C=O) groups is 1. The van der Waals surface area contributed by atoms with Gasteiger partial charge in [-0.15, -0.1) is 0 Å². The number of allylic oxidation sites excluding steroid dienone is 11. The summed E-state index contributed by atoms with van der Waals surface area (Å²) in [5.41, 5.74) is 0. The smallest absolute Gasteiger partial charge is 0.220 e. The van der Waals surface area contributed by atoms with Crippen LogP contribution in [0, 0.1) is 0 Å². The van der Waals surface area contributed by atoms with Gasteiger partial charge in [0.25, 0.3) is 0 Å². The van der Waals surface area contributed by atoms with Crippen LogP contribution in [0.15, 0.2) is 72.9 Å². The molecule has 3 N–H and O–H groups in total. The molecule has 0 bridgehead atoms. The van der Waals surface area contributed by atoms with E-state index < -0.39 is 12.1 Å². The van der Waals surface area contributed by atoms with Crippen molar-refractivity contribution in [2.24, 2.45) is 0 Å². The number of carbonyl (C=O) groups excluding carboxylic acids is 1. The van der Waals surface area contributed by atoms with E-state index in [0.29, 0.717) is 6.42 Å².